The van der Waals surface area contributed by atoms with Crippen LogP contribution in [0.1, 0.15) is 0 Å². The van der Waals surface area contributed by atoms with Gasteiger partial charge in [-0.1, -0.05) is 0 Å². The molecule has 0 fully saturated rings. The summed E-state index contributed by atoms with van der Waals surface area (Å²) in [6.07, 6.45) is 9.06. The van der Waals surface area contributed by atoms with Gasteiger partial charge in [-0.2, -0.15) is 8.42 Å². The molecule has 0 aromatic rings. The van der Waals surface area contributed by atoms with Crippen LogP contribution in [0.3, 0.4) is 0 Å². The van der Waals surface area contributed by atoms with E-state index in [-0.39, 0.29) is 0 Å². The quantitative estimate of drug-likeness (QED) is 0.622. The predicted molar refractivity (Wildman–Crippen MR) is 65.5 cm³/mol. The summed E-state index contributed by atoms with van der Waals surface area (Å²) in [7, 11) is -4.67. The van der Waals surface area contributed by atoms with Crippen LogP contribution in [0.25, 0.3) is 0 Å². The van der Waals surface area contributed by atoms with E-state index in [0.29, 0.717) is 0 Å². The molecule has 1 aliphatic carbocycles. The second-order valence-electron chi connectivity index (χ2n) is 5.93. The van der Waals surface area contributed by atoms with Gasteiger partial charge in [-0.05, 0) is 0 Å². The molecule has 16 heavy (non-hydrogen) atoms. The molecule has 0 atom stereocenters. The van der Waals surface area contributed by atoms with Gasteiger partial charge in [-0.25, -0.2) is 0 Å². The van der Waals surface area contributed by atoms with Gasteiger partial charge in [0.05, 0.1) is 0 Å². The molecule has 101 valence electrons. The Morgan fingerprint density at radius 1 is 0.938 bits per heavy atom. The molecular formula is C10H22IrO4S. The van der Waals surface area contributed by atoms with Gasteiger partial charge in [-0.3, -0.25) is 9.11 Å². The first-order chi connectivity index (χ1) is 6.59. The average molecular weight is 431 g/mol. The first-order valence-electron chi connectivity index (χ1n) is 4.22. The van der Waals surface area contributed by atoms with Crippen LogP contribution >= 0.6 is 0 Å². The number of hydrogen-bond donors (Lipinski definition) is 2. The predicted octanol–water partition coefficient (Wildman–Crippen LogP) is 3.71. The Balaban J connectivity index is 0.000000385. The summed E-state index contributed by atoms with van der Waals surface area (Å²) in [6, 6.07) is 0. The van der Waals surface area contributed by atoms with E-state index in [0.717, 1.165) is 4.43 Å². The van der Waals surface area contributed by atoms with Crippen molar-refractivity contribution in [1.82, 2.24) is 0 Å². The third-order valence-corrected chi connectivity index (χ3v) is 10.7. The van der Waals surface area contributed by atoms with E-state index in [2.05, 4.69) is 51.5 Å². The van der Waals surface area contributed by atoms with E-state index in [4.69, 9.17) is 17.5 Å². The maximum atomic E-state index is 8.74. The fourth-order valence-corrected chi connectivity index (χ4v) is 6.18. The molecule has 1 rings (SSSR count). The second kappa shape index (κ2) is 3.75. The second-order valence-corrected chi connectivity index (χ2v) is 39.3. The summed E-state index contributed by atoms with van der Waals surface area (Å²) < 4.78 is 32.3. The molecule has 0 aliphatic heterocycles. The van der Waals surface area contributed by atoms with Crippen molar-refractivity contribution < 1.29 is 30.4 Å². The van der Waals surface area contributed by atoms with E-state index >= 15 is 0 Å². The van der Waals surface area contributed by atoms with Crippen molar-refractivity contribution in [3.8, 4) is 0 Å². The molecule has 2 N–H and O–H groups in total. The van der Waals surface area contributed by atoms with Crippen LogP contribution in [-0.2, 0) is 23.3 Å². The van der Waals surface area contributed by atoms with Crippen LogP contribution in [0, 0.1) is 0 Å². The molecule has 0 heterocycles. The summed E-state index contributed by atoms with van der Waals surface area (Å²) in [5.41, 5.74) is 12.5. The Labute approximate surface area is 96.6 Å². The Morgan fingerprint density at radius 3 is 1.31 bits per heavy atom. The van der Waals surface area contributed by atoms with Crippen molar-refractivity contribution >= 4 is 10.4 Å². The molecule has 0 spiro atoms. The molecule has 6 heteroatoms. The van der Waals surface area contributed by atoms with Gasteiger partial charge < -0.3 is 0 Å². The van der Waals surface area contributed by atoms with E-state index in [1.807, 2.05) is 0 Å². The van der Waals surface area contributed by atoms with Crippen molar-refractivity contribution in [1.29, 1.82) is 0 Å². The molecule has 0 radical (unpaired) electrons. The molecule has 4 nitrogen and oxygen atoms in total. The fourth-order valence-electron chi connectivity index (χ4n) is 1.04. The van der Waals surface area contributed by atoms with Gasteiger partial charge in [0.1, 0.15) is 0 Å². The third-order valence-electron chi connectivity index (χ3n) is 1.79. The Bertz CT molecular complexity index is 391. The minimum absolute atomic E-state index is 0.731. The van der Waals surface area contributed by atoms with Crippen molar-refractivity contribution in [3.05, 3.63) is 24.3 Å². The topological polar surface area (TPSA) is 74.6 Å². The number of allylic oxidation sites excluding steroid dienone is 4. The summed E-state index contributed by atoms with van der Waals surface area (Å²) >= 11 is -2.58. The SMILES string of the molecule is O=S(=O)(O)O.[CH3][Ir]([CH3])([CH3])([CH3])([CH3])[CH]1C=CC=C1. The van der Waals surface area contributed by atoms with Crippen LogP contribution in [-0.4, -0.2) is 17.5 Å². The summed E-state index contributed by atoms with van der Waals surface area (Å²) in [6.45, 7) is 0. The van der Waals surface area contributed by atoms with Gasteiger partial charge in [0.15, 0.2) is 0 Å². The zero-order chi connectivity index (χ0) is 13.3. The first-order valence-corrected chi connectivity index (χ1v) is 19.0. The molecule has 0 aromatic carbocycles. The summed E-state index contributed by atoms with van der Waals surface area (Å²) in [5.74, 6) is 0. The first kappa shape index (κ1) is 16.0. The average Bonchev–Trinajstić information content (AvgIpc) is 2.23. The summed E-state index contributed by atoms with van der Waals surface area (Å²) in [4.78, 5) is 0. The van der Waals surface area contributed by atoms with Gasteiger partial charge in [0.2, 0.25) is 0 Å². The molecule has 0 unspecified atom stereocenters. The molecule has 1 aliphatic rings. The van der Waals surface area contributed by atoms with Crippen LogP contribution in [0.15, 0.2) is 24.3 Å². The van der Waals surface area contributed by atoms with Gasteiger partial charge in [0, 0.05) is 0 Å². The maximum absolute atomic E-state index is 8.74. The molecule has 0 amide bonds. The molecule has 0 saturated carbocycles. The molecule has 0 bridgehead atoms. The molecule has 0 aromatic heterocycles. The number of hydrogen-bond acceptors (Lipinski definition) is 2. The van der Waals surface area contributed by atoms with Gasteiger partial charge in [0.25, 0.3) is 0 Å². The normalized spacial score (nSPS) is 20.9. The van der Waals surface area contributed by atoms with Crippen molar-refractivity contribution in [3.63, 3.8) is 0 Å². The zero-order valence-electron chi connectivity index (χ0n) is 10.3. The fraction of sp³-hybridized carbons (Fsp3) is 0.600. The van der Waals surface area contributed by atoms with Crippen LogP contribution in [0.2, 0.25) is 31.6 Å². The van der Waals surface area contributed by atoms with E-state index in [9.17, 15) is 0 Å². The van der Waals surface area contributed by atoms with Crippen LogP contribution in [0.5, 0.6) is 0 Å². The summed E-state index contributed by atoms with van der Waals surface area (Å²) in [5, 5.41) is 0. The minimum atomic E-state index is -4.67. The monoisotopic (exact) mass is 431 g/mol. The van der Waals surface area contributed by atoms with E-state index in [1.54, 1.807) is 0 Å². The third kappa shape index (κ3) is 8.19. The van der Waals surface area contributed by atoms with Crippen molar-refractivity contribution in [2.75, 3.05) is 0 Å². The van der Waals surface area contributed by atoms with Crippen molar-refractivity contribution in [2.24, 2.45) is 0 Å². The Morgan fingerprint density at radius 2 is 1.19 bits per heavy atom. The standard InChI is InChI=1S/C5H5.5CH3.Ir.H2O4S/c1-2-4-5-3-1;;;;;;;1-5(2,3)4/h1-5H;5*1H3;;(H2,1,2,3,4). The van der Waals surface area contributed by atoms with E-state index in [1.165, 1.54) is 0 Å². The molecule has 0 saturated heterocycles. The molecular weight excluding hydrogens is 408 g/mol. The van der Waals surface area contributed by atoms with Gasteiger partial charge in [-0.15, -0.1) is 0 Å². The van der Waals surface area contributed by atoms with Crippen LogP contribution in [0.4, 0.5) is 0 Å². The van der Waals surface area contributed by atoms with E-state index < -0.39 is 23.3 Å². The zero-order valence-corrected chi connectivity index (χ0v) is 13.6. The Kier molecular flexibility index (Phi) is 3.75. The van der Waals surface area contributed by atoms with Gasteiger partial charge >= 0.3 is 79.2 Å². The van der Waals surface area contributed by atoms with Crippen LogP contribution < -0.4 is 0 Å². The number of rotatable bonds is 1. The van der Waals surface area contributed by atoms with Crippen molar-refractivity contribution in [2.45, 2.75) is 31.6 Å². The Hall–Kier alpha value is -0.000649.